The normalized spacial score (nSPS) is 25.2. The number of fused-ring (bicyclic) bond motifs is 1. The van der Waals surface area contributed by atoms with Crippen LogP contribution in [0.5, 0.6) is 0 Å². The van der Waals surface area contributed by atoms with Crippen LogP contribution in [0.3, 0.4) is 0 Å². The minimum absolute atomic E-state index is 0.0371. The summed E-state index contributed by atoms with van der Waals surface area (Å²) in [6.45, 7) is 5.05. The molecule has 1 aromatic rings. The molecule has 5 heteroatoms. The van der Waals surface area contributed by atoms with E-state index in [1.54, 1.807) is 6.92 Å². The highest BCUT2D eigenvalue weighted by Gasteiger charge is 2.38. The summed E-state index contributed by atoms with van der Waals surface area (Å²) in [6.07, 6.45) is 7.32. The Morgan fingerprint density at radius 3 is 2.25 bits per heavy atom. The number of hydrogen-bond acceptors (Lipinski definition) is 3. The number of nitrogens with zero attached hydrogens (tertiary/aromatic N) is 2. The molecule has 0 bridgehead atoms. The van der Waals surface area contributed by atoms with Gasteiger partial charge in [0.25, 0.3) is 0 Å². The van der Waals surface area contributed by atoms with Gasteiger partial charge >= 0.3 is 0 Å². The van der Waals surface area contributed by atoms with Gasteiger partial charge in [0.1, 0.15) is 0 Å². The van der Waals surface area contributed by atoms with Crippen molar-refractivity contribution in [1.82, 2.24) is 15.1 Å². The van der Waals surface area contributed by atoms with Crippen LogP contribution in [-0.2, 0) is 22.4 Å². The first-order valence-corrected chi connectivity index (χ1v) is 10.9. The van der Waals surface area contributed by atoms with Crippen LogP contribution in [0, 0.1) is 5.92 Å². The number of benzene rings is 1. The fourth-order valence-corrected chi connectivity index (χ4v) is 4.86. The van der Waals surface area contributed by atoms with Gasteiger partial charge in [0, 0.05) is 51.6 Å². The first-order valence-electron chi connectivity index (χ1n) is 10.9. The van der Waals surface area contributed by atoms with Gasteiger partial charge in [-0.25, -0.2) is 0 Å². The third-order valence-corrected chi connectivity index (χ3v) is 6.71. The van der Waals surface area contributed by atoms with Gasteiger partial charge in [0.2, 0.25) is 11.8 Å². The zero-order valence-electron chi connectivity index (χ0n) is 17.0. The van der Waals surface area contributed by atoms with Crippen molar-refractivity contribution in [2.75, 3.05) is 26.2 Å². The van der Waals surface area contributed by atoms with Crippen LogP contribution in [0.25, 0.3) is 0 Å². The lowest BCUT2D eigenvalue weighted by Crippen LogP contribution is -2.46. The molecule has 0 unspecified atom stereocenters. The van der Waals surface area contributed by atoms with E-state index in [-0.39, 0.29) is 5.91 Å². The fourth-order valence-electron chi connectivity index (χ4n) is 4.86. The standard InChI is InChI=1S/C23H33N3O2/c1-17(27)24-15-22-9-8-21(26(22)16-18-6-7-18)14-23(28)25-12-10-19-4-2-3-5-20(19)11-13-25/h2-5,18,21-22H,6-16H2,1H3,(H,24,27)/t21-,22+/m0/s1. The second kappa shape index (κ2) is 8.64. The maximum absolute atomic E-state index is 13.1. The van der Waals surface area contributed by atoms with Crippen LogP contribution in [0.4, 0.5) is 0 Å². The topological polar surface area (TPSA) is 52.7 Å². The maximum Gasteiger partial charge on any atom is 0.224 e. The lowest BCUT2D eigenvalue weighted by Gasteiger charge is -2.31. The van der Waals surface area contributed by atoms with E-state index in [9.17, 15) is 9.59 Å². The van der Waals surface area contributed by atoms with Crippen LogP contribution in [-0.4, -0.2) is 59.9 Å². The molecule has 2 heterocycles. The smallest absolute Gasteiger partial charge is 0.224 e. The molecule has 2 fully saturated rings. The zero-order chi connectivity index (χ0) is 19.5. The number of carbonyl (C=O) groups is 2. The molecule has 4 rings (SSSR count). The Balaban J connectivity index is 1.35. The zero-order valence-corrected chi connectivity index (χ0v) is 17.0. The van der Waals surface area contributed by atoms with E-state index in [1.165, 1.54) is 24.0 Å². The lowest BCUT2D eigenvalue weighted by atomic mass is 10.0. The third kappa shape index (κ3) is 4.75. The Morgan fingerprint density at radius 1 is 1.00 bits per heavy atom. The molecule has 1 N–H and O–H groups in total. The fraction of sp³-hybridized carbons (Fsp3) is 0.652. The van der Waals surface area contributed by atoms with Gasteiger partial charge < -0.3 is 10.2 Å². The van der Waals surface area contributed by atoms with E-state index < -0.39 is 0 Å². The number of hydrogen-bond donors (Lipinski definition) is 1. The number of amides is 2. The molecule has 1 aliphatic carbocycles. The average Bonchev–Trinajstić information content (AvgIpc) is 3.46. The van der Waals surface area contributed by atoms with Crippen LogP contribution in [0.1, 0.15) is 50.2 Å². The van der Waals surface area contributed by atoms with Gasteiger partial charge in [0.05, 0.1) is 0 Å². The quantitative estimate of drug-likeness (QED) is 0.821. The number of nitrogens with one attached hydrogen (secondary N) is 1. The molecule has 1 saturated heterocycles. The Bertz CT molecular complexity index is 689. The van der Waals surface area contributed by atoms with Crippen molar-refractivity contribution in [3.05, 3.63) is 35.4 Å². The predicted octanol–water partition coefficient (Wildman–Crippen LogP) is 2.38. The van der Waals surface area contributed by atoms with Crippen molar-refractivity contribution in [2.24, 2.45) is 5.92 Å². The van der Waals surface area contributed by atoms with Crippen LogP contribution in [0.15, 0.2) is 24.3 Å². The van der Waals surface area contributed by atoms with Gasteiger partial charge in [0.15, 0.2) is 0 Å². The molecule has 0 radical (unpaired) electrons. The Kier molecular flexibility index (Phi) is 6.00. The summed E-state index contributed by atoms with van der Waals surface area (Å²) in [7, 11) is 0. The summed E-state index contributed by atoms with van der Waals surface area (Å²) in [5.74, 6) is 1.14. The molecule has 1 saturated carbocycles. The molecule has 5 nitrogen and oxygen atoms in total. The van der Waals surface area contributed by atoms with Crippen molar-refractivity contribution >= 4 is 11.8 Å². The summed E-state index contributed by atoms with van der Waals surface area (Å²) in [4.78, 5) is 29.1. The molecule has 2 atom stereocenters. The van der Waals surface area contributed by atoms with Gasteiger partial charge in [-0.15, -0.1) is 0 Å². The summed E-state index contributed by atoms with van der Waals surface area (Å²) in [5, 5.41) is 2.99. The second-order valence-corrected chi connectivity index (χ2v) is 8.82. The monoisotopic (exact) mass is 383 g/mol. The average molecular weight is 384 g/mol. The molecule has 3 aliphatic rings. The minimum atomic E-state index is 0.0371. The Hall–Kier alpha value is -1.88. The third-order valence-electron chi connectivity index (χ3n) is 6.71. The van der Waals surface area contributed by atoms with Crippen molar-refractivity contribution < 1.29 is 9.59 Å². The number of likely N-dealkylation sites (tertiary alicyclic amines) is 1. The molecular weight excluding hydrogens is 350 g/mol. The van der Waals surface area contributed by atoms with Crippen molar-refractivity contribution in [2.45, 2.75) is 64.0 Å². The molecule has 2 aliphatic heterocycles. The van der Waals surface area contributed by atoms with Crippen LogP contribution >= 0.6 is 0 Å². The second-order valence-electron chi connectivity index (χ2n) is 8.82. The number of carbonyl (C=O) groups excluding carboxylic acids is 2. The van der Waals surface area contributed by atoms with Crippen molar-refractivity contribution in [3.8, 4) is 0 Å². The van der Waals surface area contributed by atoms with E-state index >= 15 is 0 Å². The van der Waals surface area contributed by atoms with E-state index in [0.29, 0.717) is 31.0 Å². The Morgan fingerprint density at radius 2 is 1.64 bits per heavy atom. The first kappa shape index (κ1) is 19.4. The highest BCUT2D eigenvalue weighted by atomic mass is 16.2. The summed E-state index contributed by atoms with van der Waals surface area (Å²) >= 11 is 0. The molecule has 1 aromatic carbocycles. The molecule has 0 spiro atoms. The van der Waals surface area contributed by atoms with E-state index in [2.05, 4.69) is 39.4 Å². The molecule has 2 amide bonds. The lowest BCUT2D eigenvalue weighted by molar-refractivity contribution is -0.132. The van der Waals surface area contributed by atoms with Crippen LogP contribution in [0.2, 0.25) is 0 Å². The largest absolute Gasteiger partial charge is 0.355 e. The predicted molar refractivity (Wildman–Crippen MR) is 110 cm³/mol. The molecule has 0 aromatic heterocycles. The van der Waals surface area contributed by atoms with Crippen molar-refractivity contribution in [1.29, 1.82) is 0 Å². The Labute approximate surface area is 168 Å². The summed E-state index contributed by atoms with van der Waals surface area (Å²) < 4.78 is 0. The molecule has 28 heavy (non-hydrogen) atoms. The van der Waals surface area contributed by atoms with Crippen LogP contribution < -0.4 is 5.32 Å². The minimum Gasteiger partial charge on any atom is -0.355 e. The maximum atomic E-state index is 13.1. The SMILES string of the molecule is CC(=O)NC[C@H]1CC[C@@H](CC(=O)N2CCc3ccccc3CC2)N1CC1CC1. The highest BCUT2D eigenvalue weighted by molar-refractivity contribution is 5.77. The van der Waals surface area contributed by atoms with E-state index in [1.807, 2.05) is 0 Å². The van der Waals surface area contributed by atoms with E-state index in [0.717, 1.165) is 51.2 Å². The highest BCUT2D eigenvalue weighted by Crippen LogP contribution is 2.35. The van der Waals surface area contributed by atoms with Gasteiger partial charge in [-0.2, -0.15) is 0 Å². The van der Waals surface area contributed by atoms with Gasteiger partial charge in [-0.05, 0) is 55.6 Å². The molecule has 152 valence electrons. The van der Waals surface area contributed by atoms with Gasteiger partial charge in [-0.1, -0.05) is 24.3 Å². The van der Waals surface area contributed by atoms with E-state index in [4.69, 9.17) is 0 Å². The summed E-state index contributed by atoms with van der Waals surface area (Å²) in [5.41, 5.74) is 2.79. The van der Waals surface area contributed by atoms with Gasteiger partial charge in [-0.3, -0.25) is 14.5 Å². The molecular formula is C23H33N3O2. The summed E-state index contributed by atoms with van der Waals surface area (Å²) in [6, 6.07) is 9.31. The number of rotatable bonds is 6. The van der Waals surface area contributed by atoms with Crippen molar-refractivity contribution in [3.63, 3.8) is 0 Å². The first-order chi connectivity index (χ1) is 13.6.